The van der Waals surface area contributed by atoms with Crippen LogP contribution in [0.25, 0.3) is 10.2 Å². The number of aryl methyl sites for hydroxylation is 3. The van der Waals surface area contributed by atoms with Gasteiger partial charge in [0.25, 0.3) is 0 Å². The smallest absolute Gasteiger partial charge is 0.233 e. The van der Waals surface area contributed by atoms with Gasteiger partial charge in [0.15, 0.2) is 5.78 Å². The summed E-state index contributed by atoms with van der Waals surface area (Å²) in [6.07, 6.45) is 0. The molecule has 6 nitrogen and oxygen atoms in total. The molecule has 0 N–H and O–H groups in total. The van der Waals surface area contributed by atoms with Crippen molar-refractivity contribution in [3.63, 3.8) is 0 Å². The van der Waals surface area contributed by atoms with Gasteiger partial charge in [0.1, 0.15) is 21.5 Å². The summed E-state index contributed by atoms with van der Waals surface area (Å²) in [6, 6.07) is 4.57. The SMILES string of the molecule is CC(=O)c1ccc(N2CCN(C(=O)CSc3nc(C)nc4sc(C)c(C)c34)CC2)c(F)c1. The minimum absolute atomic E-state index is 0.0519. The summed E-state index contributed by atoms with van der Waals surface area (Å²) in [5, 5.41) is 1.90. The normalized spacial score (nSPS) is 14.3. The Bertz CT molecular complexity index is 1200. The first-order valence-corrected chi connectivity index (χ1v) is 12.2. The predicted molar refractivity (Wildman–Crippen MR) is 128 cm³/mol. The number of hydrogen-bond donors (Lipinski definition) is 0. The van der Waals surface area contributed by atoms with Crippen molar-refractivity contribution in [3.8, 4) is 0 Å². The zero-order chi connectivity index (χ0) is 23.0. The van der Waals surface area contributed by atoms with Crippen molar-refractivity contribution in [2.45, 2.75) is 32.7 Å². The Morgan fingerprint density at radius 2 is 1.84 bits per heavy atom. The number of rotatable bonds is 5. The highest BCUT2D eigenvalue weighted by Gasteiger charge is 2.24. The highest BCUT2D eigenvalue weighted by Crippen LogP contribution is 2.35. The van der Waals surface area contributed by atoms with Gasteiger partial charge in [0, 0.05) is 42.0 Å². The lowest BCUT2D eigenvalue weighted by atomic mass is 10.1. The second kappa shape index (κ2) is 9.15. The van der Waals surface area contributed by atoms with Gasteiger partial charge in [-0.15, -0.1) is 11.3 Å². The first-order valence-electron chi connectivity index (χ1n) is 10.4. The van der Waals surface area contributed by atoms with E-state index in [1.54, 1.807) is 23.5 Å². The molecule has 4 rings (SSSR count). The molecule has 1 aliphatic heterocycles. The maximum Gasteiger partial charge on any atom is 0.233 e. The third-order valence-corrected chi connectivity index (χ3v) is 7.83. The zero-order valence-corrected chi connectivity index (χ0v) is 20.2. The molecule has 1 aliphatic rings. The zero-order valence-electron chi connectivity index (χ0n) is 18.6. The third kappa shape index (κ3) is 4.49. The van der Waals surface area contributed by atoms with Crippen LogP contribution in [0.2, 0.25) is 0 Å². The molecule has 0 radical (unpaired) electrons. The Kier molecular flexibility index (Phi) is 6.48. The molecule has 168 valence electrons. The van der Waals surface area contributed by atoms with Crippen LogP contribution in [-0.4, -0.2) is 58.5 Å². The van der Waals surface area contributed by atoms with E-state index in [0.29, 0.717) is 49.0 Å². The Balaban J connectivity index is 1.39. The molecule has 3 aromatic rings. The van der Waals surface area contributed by atoms with E-state index < -0.39 is 5.82 Å². The number of thioether (sulfide) groups is 1. The van der Waals surface area contributed by atoms with Crippen LogP contribution >= 0.6 is 23.1 Å². The lowest BCUT2D eigenvalue weighted by Gasteiger charge is -2.36. The number of Topliss-reactive ketones (excluding diaryl/α,β-unsaturated/α-hetero) is 1. The number of ketones is 1. The number of carbonyl (C=O) groups is 2. The number of fused-ring (bicyclic) bond motifs is 1. The topological polar surface area (TPSA) is 66.4 Å². The number of benzene rings is 1. The van der Waals surface area contributed by atoms with E-state index in [4.69, 9.17) is 0 Å². The van der Waals surface area contributed by atoms with Crippen LogP contribution in [-0.2, 0) is 4.79 Å². The number of carbonyl (C=O) groups excluding carboxylic acids is 2. The van der Waals surface area contributed by atoms with Gasteiger partial charge >= 0.3 is 0 Å². The van der Waals surface area contributed by atoms with Crippen molar-refractivity contribution in [1.29, 1.82) is 0 Å². The van der Waals surface area contributed by atoms with Crippen molar-refractivity contribution in [2.75, 3.05) is 36.8 Å². The molecule has 0 atom stereocenters. The van der Waals surface area contributed by atoms with E-state index >= 15 is 0 Å². The Morgan fingerprint density at radius 3 is 2.50 bits per heavy atom. The average molecular weight is 473 g/mol. The molecule has 1 fully saturated rings. The van der Waals surface area contributed by atoms with Gasteiger partial charge in [-0.3, -0.25) is 9.59 Å². The molecular formula is C23H25FN4O2S2. The van der Waals surface area contributed by atoms with Gasteiger partial charge in [-0.1, -0.05) is 11.8 Å². The van der Waals surface area contributed by atoms with Gasteiger partial charge in [0.2, 0.25) is 5.91 Å². The molecule has 1 aromatic carbocycles. The number of halogens is 1. The van der Waals surface area contributed by atoms with E-state index in [-0.39, 0.29) is 11.7 Å². The van der Waals surface area contributed by atoms with E-state index in [0.717, 1.165) is 15.2 Å². The van der Waals surface area contributed by atoms with E-state index in [1.165, 1.54) is 35.2 Å². The number of hydrogen-bond acceptors (Lipinski definition) is 7. The Morgan fingerprint density at radius 1 is 1.12 bits per heavy atom. The van der Waals surface area contributed by atoms with Crippen molar-refractivity contribution in [2.24, 2.45) is 0 Å². The second-order valence-corrected chi connectivity index (χ2v) is 10.1. The summed E-state index contributed by atoms with van der Waals surface area (Å²) in [7, 11) is 0. The van der Waals surface area contributed by atoms with Crippen LogP contribution in [0.15, 0.2) is 23.2 Å². The monoisotopic (exact) mass is 472 g/mol. The van der Waals surface area contributed by atoms with Gasteiger partial charge in [-0.2, -0.15) is 0 Å². The van der Waals surface area contributed by atoms with Crippen LogP contribution in [0.4, 0.5) is 10.1 Å². The first-order chi connectivity index (χ1) is 15.2. The molecule has 0 bridgehead atoms. The maximum atomic E-state index is 14.5. The molecule has 9 heteroatoms. The molecule has 1 amide bonds. The van der Waals surface area contributed by atoms with E-state index in [2.05, 4.69) is 23.8 Å². The van der Waals surface area contributed by atoms with Crippen molar-refractivity contribution < 1.29 is 14.0 Å². The number of aromatic nitrogens is 2. The van der Waals surface area contributed by atoms with Gasteiger partial charge < -0.3 is 9.80 Å². The summed E-state index contributed by atoms with van der Waals surface area (Å²) in [5.41, 5.74) is 2.01. The molecule has 0 unspecified atom stereocenters. The van der Waals surface area contributed by atoms with Crippen LogP contribution in [0, 0.1) is 26.6 Å². The van der Waals surface area contributed by atoms with Crippen LogP contribution in [0.1, 0.15) is 33.5 Å². The second-order valence-electron chi connectivity index (χ2n) is 7.92. The van der Waals surface area contributed by atoms with Gasteiger partial charge in [-0.05, 0) is 51.5 Å². The Labute approximate surface area is 194 Å². The summed E-state index contributed by atoms with van der Waals surface area (Å²) in [5.74, 6) is 0.503. The molecular weight excluding hydrogens is 447 g/mol. The fraction of sp³-hybridized carbons (Fsp3) is 0.391. The molecule has 1 saturated heterocycles. The predicted octanol–water partition coefficient (Wildman–Crippen LogP) is 4.40. The highest BCUT2D eigenvalue weighted by atomic mass is 32.2. The van der Waals surface area contributed by atoms with Crippen molar-refractivity contribution in [1.82, 2.24) is 14.9 Å². The van der Waals surface area contributed by atoms with Crippen LogP contribution in [0.5, 0.6) is 0 Å². The number of thiophene rings is 1. The highest BCUT2D eigenvalue weighted by molar-refractivity contribution is 8.00. The average Bonchev–Trinajstić information content (AvgIpc) is 3.05. The lowest BCUT2D eigenvalue weighted by molar-refractivity contribution is -0.128. The number of nitrogens with zero attached hydrogens (tertiary/aromatic N) is 4. The van der Waals surface area contributed by atoms with Crippen LogP contribution < -0.4 is 4.90 Å². The van der Waals surface area contributed by atoms with Gasteiger partial charge in [-0.25, -0.2) is 14.4 Å². The minimum Gasteiger partial charge on any atom is -0.366 e. The van der Waals surface area contributed by atoms with Crippen LogP contribution in [0.3, 0.4) is 0 Å². The molecule has 0 saturated carbocycles. The largest absolute Gasteiger partial charge is 0.366 e. The summed E-state index contributed by atoms with van der Waals surface area (Å²) in [6.45, 7) is 9.60. The van der Waals surface area contributed by atoms with Crippen molar-refractivity contribution >= 4 is 50.7 Å². The molecule has 0 aliphatic carbocycles. The summed E-state index contributed by atoms with van der Waals surface area (Å²) < 4.78 is 14.5. The molecule has 32 heavy (non-hydrogen) atoms. The first kappa shape index (κ1) is 22.7. The fourth-order valence-electron chi connectivity index (χ4n) is 3.82. The standard InChI is InChI=1S/C23H25FN4O2S2/c1-13-15(3)32-23-21(13)22(25-16(4)26-23)31-12-20(30)28-9-7-27(8-10-28)19-6-5-17(14(2)29)11-18(19)24/h5-6,11H,7-10,12H2,1-4H3. The molecule has 2 aromatic heterocycles. The quantitative estimate of drug-likeness (QED) is 0.312. The number of amides is 1. The van der Waals surface area contributed by atoms with E-state index in [9.17, 15) is 14.0 Å². The summed E-state index contributed by atoms with van der Waals surface area (Å²) in [4.78, 5) is 39.3. The van der Waals surface area contributed by atoms with E-state index in [1.807, 2.05) is 16.7 Å². The minimum atomic E-state index is -0.405. The number of anilines is 1. The Hall–Kier alpha value is -2.52. The van der Waals surface area contributed by atoms with Crippen molar-refractivity contribution in [3.05, 3.63) is 45.8 Å². The number of piperazine rings is 1. The molecule has 0 spiro atoms. The lowest BCUT2D eigenvalue weighted by Crippen LogP contribution is -2.49. The maximum absolute atomic E-state index is 14.5. The van der Waals surface area contributed by atoms with Gasteiger partial charge in [0.05, 0.1) is 11.4 Å². The summed E-state index contributed by atoms with van der Waals surface area (Å²) >= 11 is 3.11. The fourth-order valence-corrected chi connectivity index (χ4v) is 5.99. The third-order valence-electron chi connectivity index (χ3n) is 5.77. The molecule has 3 heterocycles.